The number of quaternary nitrogens is 1. The fraction of sp³-hybridized carbons (Fsp3) is 0.364. The molecule has 0 spiro atoms. The lowest BCUT2D eigenvalue weighted by molar-refractivity contribution is -0.899. The summed E-state index contributed by atoms with van der Waals surface area (Å²) in [4.78, 5) is 43.5. The van der Waals surface area contributed by atoms with E-state index in [1.54, 1.807) is 36.1 Å². The molecule has 1 unspecified atom stereocenters. The van der Waals surface area contributed by atoms with Gasteiger partial charge >= 0.3 is 17.8 Å². The minimum Gasteiger partial charge on any atom is -0.462 e. The lowest BCUT2D eigenvalue weighted by Gasteiger charge is -2.41. The second-order valence-electron chi connectivity index (χ2n) is 11.7. The van der Waals surface area contributed by atoms with E-state index in [0.29, 0.717) is 33.4 Å². The number of carbonyl (C=O) groups is 3. The van der Waals surface area contributed by atoms with Crippen LogP contribution in [0.25, 0.3) is 0 Å². The number of benzene rings is 3. The predicted molar refractivity (Wildman–Crippen MR) is 164 cm³/mol. The maximum absolute atomic E-state index is 14.8. The van der Waals surface area contributed by atoms with E-state index in [9.17, 15) is 14.4 Å². The Morgan fingerprint density at radius 2 is 1.64 bits per heavy atom. The minimum atomic E-state index is -1.41. The van der Waals surface area contributed by atoms with Crippen LogP contribution in [0.4, 0.5) is 5.69 Å². The van der Waals surface area contributed by atoms with Gasteiger partial charge in [0, 0.05) is 33.3 Å². The van der Waals surface area contributed by atoms with Crippen LogP contribution in [-0.2, 0) is 30.4 Å². The highest BCUT2D eigenvalue weighted by atomic mass is 35.5. The summed E-state index contributed by atoms with van der Waals surface area (Å²) in [6.07, 6.45) is -2.29. The third-order valence-corrected chi connectivity index (χ3v) is 7.80. The van der Waals surface area contributed by atoms with E-state index in [-0.39, 0.29) is 18.6 Å². The molecule has 0 saturated carbocycles. The normalized spacial score (nSPS) is 18.5. The van der Waals surface area contributed by atoms with E-state index in [1.165, 1.54) is 6.92 Å². The number of rotatable bonds is 8. The molecule has 3 aromatic rings. The summed E-state index contributed by atoms with van der Waals surface area (Å²) in [7, 11) is 0. The van der Waals surface area contributed by atoms with Crippen LogP contribution in [0, 0.1) is 5.41 Å². The molecule has 1 aliphatic rings. The van der Waals surface area contributed by atoms with E-state index < -0.39 is 41.1 Å². The first-order chi connectivity index (χ1) is 19.9. The van der Waals surface area contributed by atoms with Crippen LogP contribution in [0.2, 0.25) is 10.0 Å². The predicted octanol–water partition coefficient (Wildman–Crippen LogP) is 6.94. The molecule has 3 aromatic carbocycles. The van der Waals surface area contributed by atoms with Crippen molar-refractivity contribution in [3.63, 3.8) is 0 Å². The van der Waals surface area contributed by atoms with E-state index in [1.807, 2.05) is 69.3 Å². The lowest BCUT2D eigenvalue weighted by atomic mass is 9.94. The zero-order valence-corrected chi connectivity index (χ0v) is 26.1. The number of amides is 2. The second-order valence-corrected chi connectivity index (χ2v) is 12.6. The van der Waals surface area contributed by atoms with Crippen LogP contribution in [0.1, 0.15) is 57.4 Å². The standard InChI is InChI=1S/C33H37Cl2N2O5/c1-6-41-29(39)20-37(22(2)38,19-23-12-8-7-9-13-23)32-31(40)36(21-33(3,4)5)28-17-16-24(34)18-26(28)30(42-32)25-14-10-11-15-27(25)35/h7-18,30,32H,6,19-21H2,1-5H3/q+1/t30-,32+,37?/m0/s1. The van der Waals surface area contributed by atoms with Gasteiger partial charge < -0.3 is 14.4 Å². The number of hydrogen-bond donors (Lipinski definition) is 0. The Balaban J connectivity index is 2.02. The Kier molecular flexibility index (Phi) is 9.78. The van der Waals surface area contributed by atoms with Crippen molar-refractivity contribution in [3.05, 3.63) is 99.5 Å². The molecule has 2 amide bonds. The molecule has 0 aliphatic carbocycles. The molecule has 3 atom stereocenters. The summed E-state index contributed by atoms with van der Waals surface area (Å²) in [5.41, 5.74) is 2.27. The Labute approximate surface area is 257 Å². The maximum Gasteiger partial charge on any atom is 0.362 e. The summed E-state index contributed by atoms with van der Waals surface area (Å²) >= 11 is 13.2. The number of ether oxygens (including phenoxy) is 2. The van der Waals surface area contributed by atoms with Crippen LogP contribution in [-0.4, -0.2) is 48.2 Å². The van der Waals surface area contributed by atoms with Crippen molar-refractivity contribution in [2.75, 3.05) is 24.6 Å². The monoisotopic (exact) mass is 611 g/mol. The zero-order valence-electron chi connectivity index (χ0n) is 24.6. The van der Waals surface area contributed by atoms with Crippen LogP contribution in [0.15, 0.2) is 72.8 Å². The highest BCUT2D eigenvalue weighted by molar-refractivity contribution is 6.31. The Hall–Kier alpha value is -3.23. The number of esters is 1. The van der Waals surface area contributed by atoms with Gasteiger partial charge in [-0.2, -0.15) is 0 Å². The first-order valence-corrected chi connectivity index (χ1v) is 14.7. The highest BCUT2D eigenvalue weighted by Gasteiger charge is 2.54. The molecule has 0 aromatic heterocycles. The number of halogens is 2. The van der Waals surface area contributed by atoms with Gasteiger partial charge in [0.25, 0.3) is 6.23 Å². The molecule has 0 N–H and O–H groups in total. The largest absolute Gasteiger partial charge is 0.462 e. The number of anilines is 1. The third kappa shape index (κ3) is 6.87. The van der Waals surface area contributed by atoms with Crippen LogP contribution >= 0.6 is 23.2 Å². The fourth-order valence-corrected chi connectivity index (χ4v) is 5.76. The van der Waals surface area contributed by atoms with Crippen molar-refractivity contribution in [3.8, 4) is 0 Å². The van der Waals surface area contributed by atoms with Gasteiger partial charge in [-0.3, -0.25) is 4.79 Å². The Morgan fingerprint density at radius 3 is 2.26 bits per heavy atom. The van der Waals surface area contributed by atoms with Crippen molar-refractivity contribution < 1.29 is 28.3 Å². The van der Waals surface area contributed by atoms with Gasteiger partial charge in [0.1, 0.15) is 12.6 Å². The van der Waals surface area contributed by atoms with Gasteiger partial charge in [-0.1, -0.05) is 92.5 Å². The average molecular weight is 613 g/mol. The average Bonchev–Trinajstić information content (AvgIpc) is 3.03. The van der Waals surface area contributed by atoms with Gasteiger partial charge in [0.05, 0.1) is 19.2 Å². The minimum absolute atomic E-state index is 0.0289. The van der Waals surface area contributed by atoms with Crippen molar-refractivity contribution in [1.82, 2.24) is 0 Å². The van der Waals surface area contributed by atoms with Gasteiger partial charge in [-0.05, 0) is 36.6 Å². The van der Waals surface area contributed by atoms with E-state index in [2.05, 4.69) is 0 Å². The molecular formula is C33H37Cl2N2O5+. The van der Waals surface area contributed by atoms with Crippen LogP contribution < -0.4 is 4.90 Å². The van der Waals surface area contributed by atoms with Crippen LogP contribution in [0.3, 0.4) is 0 Å². The first kappa shape index (κ1) is 31.7. The lowest BCUT2D eigenvalue weighted by Crippen LogP contribution is -2.66. The van der Waals surface area contributed by atoms with Crippen molar-refractivity contribution in [2.24, 2.45) is 5.41 Å². The molecule has 1 heterocycles. The Bertz CT molecular complexity index is 1460. The molecule has 9 heteroatoms. The summed E-state index contributed by atoms with van der Waals surface area (Å²) < 4.78 is 11.5. The smallest absolute Gasteiger partial charge is 0.362 e. The fourth-order valence-electron chi connectivity index (χ4n) is 5.34. The van der Waals surface area contributed by atoms with E-state index in [4.69, 9.17) is 32.7 Å². The summed E-state index contributed by atoms with van der Waals surface area (Å²) in [5.74, 6) is -1.47. The number of fused-ring (bicyclic) bond motifs is 1. The molecule has 0 saturated heterocycles. The van der Waals surface area contributed by atoms with E-state index >= 15 is 0 Å². The maximum atomic E-state index is 14.8. The summed E-state index contributed by atoms with van der Waals surface area (Å²) in [6, 6.07) is 21.8. The molecular weight excluding hydrogens is 575 g/mol. The van der Waals surface area contributed by atoms with E-state index in [0.717, 1.165) is 5.56 Å². The molecule has 4 rings (SSSR count). The quantitative estimate of drug-likeness (QED) is 0.204. The van der Waals surface area contributed by atoms with Crippen molar-refractivity contribution >= 4 is 46.7 Å². The molecule has 0 radical (unpaired) electrons. The van der Waals surface area contributed by atoms with Crippen LogP contribution in [0.5, 0.6) is 0 Å². The molecule has 42 heavy (non-hydrogen) atoms. The molecule has 1 aliphatic heterocycles. The molecule has 222 valence electrons. The summed E-state index contributed by atoms with van der Waals surface area (Å²) in [6.45, 7) is 9.23. The Morgan fingerprint density at radius 1 is 0.976 bits per heavy atom. The van der Waals surface area contributed by atoms with Gasteiger partial charge in [0.2, 0.25) is 0 Å². The SMILES string of the molecule is CCOC(=O)C[N+](Cc1ccccc1)(C(C)=O)[C@@H]1O[C@@H](c2ccccc2Cl)c2cc(Cl)ccc2N(CC(C)(C)C)C1=O. The van der Waals surface area contributed by atoms with Gasteiger partial charge in [-0.25, -0.2) is 14.1 Å². The third-order valence-electron chi connectivity index (χ3n) is 7.23. The number of carbonyl (C=O) groups excluding carboxylic acids is 3. The van der Waals surface area contributed by atoms with Gasteiger partial charge in [0.15, 0.2) is 6.54 Å². The molecule has 0 fully saturated rings. The van der Waals surface area contributed by atoms with Crippen molar-refractivity contribution in [2.45, 2.75) is 53.5 Å². The molecule has 7 nitrogen and oxygen atoms in total. The van der Waals surface area contributed by atoms with Crippen molar-refractivity contribution in [1.29, 1.82) is 0 Å². The summed E-state index contributed by atoms with van der Waals surface area (Å²) in [5, 5.41) is 0.886. The zero-order chi connectivity index (χ0) is 30.7. The highest BCUT2D eigenvalue weighted by Crippen LogP contribution is 2.44. The van der Waals surface area contributed by atoms with Gasteiger partial charge in [-0.15, -0.1) is 0 Å². The number of nitrogens with zero attached hydrogens (tertiary/aromatic N) is 2. The molecule has 0 bridgehead atoms. The second kappa shape index (κ2) is 13.0. The number of hydrogen-bond acceptors (Lipinski definition) is 5. The first-order valence-electron chi connectivity index (χ1n) is 13.9. The topological polar surface area (TPSA) is 72.9 Å².